The molecular weight excluding hydrogens is 346 g/mol. The first-order valence-corrected chi connectivity index (χ1v) is 10.7. The van der Waals surface area contributed by atoms with E-state index in [0.717, 1.165) is 22.6 Å². The van der Waals surface area contributed by atoms with Gasteiger partial charge in [-0.2, -0.15) is 0 Å². The lowest BCUT2D eigenvalue weighted by Gasteiger charge is -2.29. The predicted molar refractivity (Wildman–Crippen MR) is 106 cm³/mol. The van der Waals surface area contributed by atoms with Crippen LogP contribution in [-0.2, 0) is 9.59 Å². The van der Waals surface area contributed by atoms with Crippen LogP contribution >= 0.6 is 11.3 Å². The molecule has 0 spiro atoms. The van der Waals surface area contributed by atoms with Crippen molar-refractivity contribution in [3.05, 3.63) is 21.9 Å². The number of nitrogens with zero attached hydrogens (tertiary/aromatic N) is 1. The second-order valence-corrected chi connectivity index (χ2v) is 8.66. The minimum Gasteiger partial charge on any atom is -0.343 e. The zero-order valence-corrected chi connectivity index (χ0v) is 16.9. The van der Waals surface area contributed by atoms with Crippen LogP contribution in [-0.4, -0.2) is 35.5 Å². The number of rotatable bonds is 8. The summed E-state index contributed by atoms with van der Waals surface area (Å²) < 4.78 is 0. The van der Waals surface area contributed by atoms with E-state index in [2.05, 4.69) is 0 Å². The molecule has 1 aliphatic rings. The van der Waals surface area contributed by atoms with Gasteiger partial charge in [0.2, 0.25) is 5.91 Å². The monoisotopic (exact) mass is 377 g/mol. The largest absolute Gasteiger partial charge is 0.343 e. The highest BCUT2D eigenvalue weighted by Gasteiger charge is 2.21. The summed E-state index contributed by atoms with van der Waals surface area (Å²) in [6.07, 6.45) is 9.32. The lowest BCUT2D eigenvalue weighted by Crippen LogP contribution is -2.37. The van der Waals surface area contributed by atoms with E-state index in [1.54, 1.807) is 0 Å². The fraction of sp³-hybridized carbons (Fsp3) is 0.667. The van der Waals surface area contributed by atoms with Gasteiger partial charge in [-0.05, 0) is 31.9 Å². The molecule has 1 aromatic rings. The molecule has 1 aliphatic carbocycles. The second kappa shape index (κ2) is 10.6. The third-order valence-electron chi connectivity index (χ3n) is 5.28. The Hall–Kier alpha value is -1.49. The molecule has 5 heteroatoms. The number of carbonyl (C=O) groups is 3. The van der Waals surface area contributed by atoms with Crippen LogP contribution < -0.4 is 0 Å². The number of hydrogen-bond donors (Lipinski definition) is 0. The van der Waals surface area contributed by atoms with E-state index in [0.29, 0.717) is 6.04 Å². The number of amides is 1. The first-order chi connectivity index (χ1) is 12.5. The summed E-state index contributed by atoms with van der Waals surface area (Å²) in [5.41, 5.74) is 0. The molecular formula is C21H31NO3S. The molecule has 4 nitrogen and oxygen atoms in total. The molecule has 0 bridgehead atoms. The third kappa shape index (κ3) is 6.67. The standard InChI is InChI=1S/C21H31NO3S/c1-16-10-14-20(26-16)19(24)13-11-18(23)12-15-21(25)22(2)17-8-6-4-3-5-7-9-17/h10,14,17H,3-9,11-13,15H2,1-2H3. The van der Waals surface area contributed by atoms with Crippen molar-refractivity contribution in [1.29, 1.82) is 0 Å². The molecule has 0 aromatic carbocycles. The quantitative estimate of drug-likeness (QED) is 0.603. The van der Waals surface area contributed by atoms with E-state index < -0.39 is 0 Å². The average molecular weight is 378 g/mol. The first kappa shape index (κ1) is 20.8. The number of carbonyl (C=O) groups excluding carboxylic acids is 3. The van der Waals surface area contributed by atoms with Gasteiger partial charge in [0, 0.05) is 43.6 Å². The van der Waals surface area contributed by atoms with Crippen LogP contribution in [0.3, 0.4) is 0 Å². The summed E-state index contributed by atoms with van der Waals surface area (Å²) in [7, 11) is 1.88. The van der Waals surface area contributed by atoms with Gasteiger partial charge in [0.1, 0.15) is 5.78 Å². The number of aryl methyl sites for hydroxylation is 1. The molecule has 1 fully saturated rings. The van der Waals surface area contributed by atoms with Crippen molar-refractivity contribution in [2.24, 2.45) is 0 Å². The van der Waals surface area contributed by atoms with Gasteiger partial charge in [-0.25, -0.2) is 0 Å². The number of ketones is 2. The normalized spacial score (nSPS) is 15.9. The Morgan fingerprint density at radius 2 is 1.58 bits per heavy atom. The first-order valence-electron chi connectivity index (χ1n) is 9.84. The van der Waals surface area contributed by atoms with E-state index in [-0.39, 0.29) is 43.2 Å². The zero-order valence-electron chi connectivity index (χ0n) is 16.1. The summed E-state index contributed by atoms with van der Waals surface area (Å²) in [6.45, 7) is 1.96. The molecule has 0 radical (unpaired) electrons. The van der Waals surface area contributed by atoms with Gasteiger partial charge in [0.15, 0.2) is 5.78 Å². The van der Waals surface area contributed by atoms with Crippen molar-refractivity contribution in [3.63, 3.8) is 0 Å². The van der Waals surface area contributed by atoms with Crippen molar-refractivity contribution >= 4 is 28.8 Å². The van der Waals surface area contributed by atoms with Crippen LogP contribution in [0.2, 0.25) is 0 Å². The highest BCUT2D eigenvalue weighted by molar-refractivity contribution is 7.14. The molecule has 26 heavy (non-hydrogen) atoms. The van der Waals surface area contributed by atoms with Crippen LogP contribution in [0.1, 0.15) is 85.2 Å². The summed E-state index contributed by atoms with van der Waals surface area (Å²) >= 11 is 1.47. The highest BCUT2D eigenvalue weighted by Crippen LogP contribution is 2.21. The summed E-state index contributed by atoms with van der Waals surface area (Å²) in [5, 5.41) is 0. The maximum absolute atomic E-state index is 12.4. The zero-order chi connectivity index (χ0) is 18.9. The SMILES string of the molecule is Cc1ccc(C(=O)CCC(=O)CCC(=O)N(C)C2CCCCCCC2)s1. The van der Waals surface area contributed by atoms with E-state index in [1.165, 1.54) is 43.4 Å². The minimum absolute atomic E-state index is 0.00560. The summed E-state index contributed by atoms with van der Waals surface area (Å²) in [6, 6.07) is 4.06. The van der Waals surface area contributed by atoms with Gasteiger partial charge >= 0.3 is 0 Å². The van der Waals surface area contributed by atoms with Gasteiger partial charge in [-0.3, -0.25) is 14.4 Å². The molecule has 1 saturated carbocycles. The summed E-state index contributed by atoms with van der Waals surface area (Å²) in [5.74, 6) is 0.0876. The molecule has 0 atom stereocenters. The van der Waals surface area contributed by atoms with Crippen LogP contribution in [0.5, 0.6) is 0 Å². The highest BCUT2D eigenvalue weighted by atomic mass is 32.1. The van der Waals surface area contributed by atoms with Crippen LogP contribution in [0, 0.1) is 6.92 Å². The van der Waals surface area contributed by atoms with E-state index >= 15 is 0 Å². The Morgan fingerprint density at radius 3 is 2.19 bits per heavy atom. The van der Waals surface area contributed by atoms with E-state index in [9.17, 15) is 14.4 Å². The maximum atomic E-state index is 12.4. The predicted octanol–water partition coefficient (Wildman–Crippen LogP) is 4.94. The summed E-state index contributed by atoms with van der Waals surface area (Å²) in [4.78, 5) is 40.2. The molecule has 1 heterocycles. The van der Waals surface area contributed by atoms with E-state index in [1.807, 2.05) is 31.0 Å². The van der Waals surface area contributed by atoms with Gasteiger partial charge in [-0.1, -0.05) is 32.1 Å². The van der Waals surface area contributed by atoms with Crippen molar-refractivity contribution in [3.8, 4) is 0 Å². The fourth-order valence-electron chi connectivity index (χ4n) is 3.53. The van der Waals surface area contributed by atoms with Crippen molar-refractivity contribution in [2.45, 2.75) is 83.6 Å². The molecule has 2 rings (SSSR count). The molecule has 0 aliphatic heterocycles. The van der Waals surface area contributed by atoms with Gasteiger partial charge < -0.3 is 4.90 Å². The molecule has 0 N–H and O–H groups in total. The Balaban J connectivity index is 1.70. The Bertz CT molecular complexity index is 615. The fourth-order valence-corrected chi connectivity index (χ4v) is 4.37. The maximum Gasteiger partial charge on any atom is 0.223 e. The smallest absolute Gasteiger partial charge is 0.223 e. The van der Waals surface area contributed by atoms with Gasteiger partial charge in [-0.15, -0.1) is 11.3 Å². The van der Waals surface area contributed by atoms with Crippen LogP contribution in [0.4, 0.5) is 0 Å². The number of hydrogen-bond acceptors (Lipinski definition) is 4. The van der Waals surface area contributed by atoms with Gasteiger partial charge in [0.05, 0.1) is 4.88 Å². The lowest BCUT2D eigenvalue weighted by atomic mass is 9.95. The van der Waals surface area contributed by atoms with E-state index in [4.69, 9.17) is 0 Å². The molecule has 1 amide bonds. The van der Waals surface area contributed by atoms with Crippen molar-refractivity contribution in [1.82, 2.24) is 4.90 Å². The number of Topliss-reactive ketones (excluding diaryl/α,β-unsaturated/α-hetero) is 2. The third-order valence-corrected chi connectivity index (χ3v) is 6.32. The molecule has 144 valence electrons. The second-order valence-electron chi connectivity index (χ2n) is 7.38. The minimum atomic E-state index is 0.00560. The molecule has 0 unspecified atom stereocenters. The average Bonchev–Trinajstić information content (AvgIpc) is 3.03. The topological polar surface area (TPSA) is 54.5 Å². The Morgan fingerprint density at radius 1 is 0.962 bits per heavy atom. The van der Waals surface area contributed by atoms with Crippen molar-refractivity contribution in [2.75, 3.05) is 7.05 Å². The van der Waals surface area contributed by atoms with Crippen LogP contribution in [0.25, 0.3) is 0 Å². The van der Waals surface area contributed by atoms with Crippen molar-refractivity contribution < 1.29 is 14.4 Å². The molecule has 0 saturated heterocycles. The number of thiophene rings is 1. The Labute approximate surface area is 161 Å². The Kier molecular flexibility index (Phi) is 8.49. The molecule has 1 aromatic heterocycles. The van der Waals surface area contributed by atoms with Gasteiger partial charge in [0.25, 0.3) is 0 Å². The van der Waals surface area contributed by atoms with Crippen LogP contribution in [0.15, 0.2) is 12.1 Å². The lowest BCUT2D eigenvalue weighted by molar-refractivity contribution is -0.134.